The molecule has 3 aliphatic heterocycles. The number of nitrogens with one attached hydrogen (secondary N) is 3. The molecular formula is C50H74B3F6N17O15S2. The number of aromatic hydroxyl groups is 1. The van der Waals surface area contributed by atoms with Gasteiger partial charge in [0.25, 0.3) is 0 Å². The van der Waals surface area contributed by atoms with Crippen LogP contribution >= 0.6 is 0 Å². The molecule has 7 heterocycles. The smallest absolute Gasteiger partial charge is 0.506 e. The van der Waals surface area contributed by atoms with Crippen LogP contribution in [0.25, 0.3) is 0 Å². The number of alkyl halides is 6. The molecule has 93 heavy (non-hydrogen) atoms. The van der Waals surface area contributed by atoms with Crippen molar-refractivity contribution in [2.24, 2.45) is 53.5 Å². The van der Waals surface area contributed by atoms with Gasteiger partial charge in [0, 0.05) is 113 Å². The van der Waals surface area contributed by atoms with Crippen LogP contribution in [0.15, 0.2) is 49.6 Å². The van der Waals surface area contributed by atoms with Crippen molar-refractivity contribution in [3.8, 4) is 23.0 Å². The summed E-state index contributed by atoms with van der Waals surface area (Å²) >= 11 is 0. The van der Waals surface area contributed by atoms with Crippen molar-refractivity contribution in [3.63, 3.8) is 0 Å². The van der Waals surface area contributed by atoms with Crippen LogP contribution in [0.3, 0.4) is 0 Å². The number of fused-ring (bicyclic) bond motifs is 3. The van der Waals surface area contributed by atoms with Crippen molar-refractivity contribution >= 4 is 71.2 Å². The molecule has 43 heteroatoms. The normalized spacial score (nSPS) is 15.3. The molecule has 0 unspecified atom stereocenters. The van der Waals surface area contributed by atoms with Gasteiger partial charge in [0.1, 0.15) is 23.0 Å². The molecule has 4 aromatic heterocycles. The molecule has 7 rings (SSSR count). The zero-order valence-corrected chi connectivity index (χ0v) is 54.2. The predicted molar refractivity (Wildman–Crippen MR) is 329 cm³/mol. The van der Waals surface area contributed by atoms with Crippen molar-refractivity contribution in [2.45, 2.75) is 164 Å². The summed E-state index contributed by atoms with van der Waals surface area (Å²) in [5.74, 6) is -1.80. The molecule has 0 aliphatic carbocycles. The van der Waals surface area contributed by atoms with Gasteiger partial charge in [-0.25, -0.2) is 14.7 Å². The van der Waals surface area contributed by atoms with Crippen molar-refractivity contribution in [1.82, 2.24) is 34.7 Å². The summed E-state index contributed by atoms with van der Waals surface area (Å²) in [5.41, 5.74) is 24.4. The fourth-order valence-corrected chi connectivity index (χ4v) is 8.44. The van der Waals surface area contributed by atoms with E-state index in [9.17, 15) is 58.0 Å². The molecule has 17 N–H and O–H groups in total. The third-order valence-electron chi connectivity index (χ3n) is 12.0. The topological polar surface area (TPSA) is 501 Å². The van der Waals surface area contributed by atoms with Crippen molar-refractivity contribution in [2.75, 3.05) is 0 Å². The quantitative estimate of drug-likeness (QED) is 0.0392. The minimum Gasteiger partial charge on any atom is -0.506 e. The fraction of sp³-hybridized carbons (Fsp3) is 0.500. The first-order chi connectivity index (χ1) is 42.8. The van der Waals surface area contributed by atoms with E-state index in [2.05, 4.69) is 50.0 Å². The van der Waals surface area contributed by atoms with E-state index in [0.29, 0.717) is 71.8 Å². The number of rotatable bonds is 13. The van der Waals surface area contributed by atoms with Gasteiger partial charge in [0.15, 0.2) is 17.9 Å². The number of aliphatic imine (C=N–C) groups is 3. The molecule has 0 saturated carbocycles. The number of nitrogens with two attached hydrogens (primary N) is 5. The summed E-state index contributed by atoms with van der Waals surface area (Å²) in [7, 11) is -14.2. The first-order valence-corrected chi connectivity index (χ1v) is 30.2. The maximum atomic E-state index is 12.6. The largest absolute Gasteiger partial charge is 0.516 e. The number of aliphatic hydroxyl groups excluding tert-OH is 1. The maximum Gasteiger partial charge on any atom is 0.516 e. The molecule has 0 aromatic carbocycles. The average Bonchev–Trinajstić information content (AvgIpc) is 0.819. The Kier molecular flexibility index (Phi) is 28.2. The Morgan fingerprint density at radius 3 is 1.42 bits per heavy atom. The number of sulfonamides is 2. The first kappa shape index (κ1) is 79.2. The molecule has 0 spiro atoms. The van der Waals surface area contributed by atoms with Crippen LogP contribution in [0.4, 0.5) is 26.3 Å². The minimum atomic E-state index is -5.71. The zero-order valence-electron chi connectivity index (χ0n) is 52.6. The number of aryl methyl sites for hydroxylation is 4. The van der Waals surface area contributed by atoms with Crippen LogP contribution in [-0.4, -0.2) is 137 Å². The Balaban J connectivity index is 0.000000311. The van der Waals surface area contributed by atoms with E-state index in [0.717, 1.165) is 63.5 Å². The second-order valence-electron chi connectivity index (χ2n) is 21.0. The second-order valence-corrected chi connectivity index (χ2v) is 24.4. The molecule has 32 nitrogen and oxygen atoms in total. The standard InChI is InChI=1S/C14H20BF3N4O5S.C12H18N4O2.C11H16N2O2.C9H14N4O2.C4H6B2F3N3O4S/c1-8-11-10(7-26-13(2,3)27-11)9(5-19-8)6-20-12(21-15(4)23)22-28(24,25)14(16,17)18;1-7-10-9(6-17-12(2,3)18-10)8(4-15-7)5-16-11(13)14;1-7-10-9(8(4-12)5-13-7)6-14-11(2,3)15-10;1-5-8(15)7(4-14)6(2-12-5)3-13-9(10)11;1-6(14)11-3(10-2-5-13)12-17(15,16)4(7,8)9/h5,23H,6-7H2,1-4H3,(H2,20,21,22);4H,5-6H2,1-3H3,(H4,13,14,16);5H,4,6,12H2,1-3H3;2,14-15H,3-4H2,1H3,(H4,10,11,13);2,14H,1H3,(H,11,12). The van der Waals surface area contributed by atoms with E-state index in [-0.39, 0.29) is 51.1 Å². The van der Waals surface area contributed by atoms with Gasteiger partial charge >= 0.3 is 117 Å². The van der Waals surface area contributed by atoms with Crippen molar-refractivity contribution < 1.29 is 96.6 Å². The maximum absolute atomic E-state index is 12.6. The number of halogens is 6. The van der Waals surface area contributed by atoms with Crippen LogP contribution in [0.5, 0.6) is 23.0 Å². The van der Waals surface area contributed by atoms with Crippen LogP contribution < -0.4 is 57.6 Å². The minimum absolute atomic E-state index is 0.0132. The molecule has 0 amide bonds. The summed E-state index contributed by atoms with van der Waals surface area (Å²) in [6.45, 7) is 22.2. The van der Waals surface area contributed by atoms with Gasteiger partial charge in [-0.05, 0) is 45.6 Å². The predicted octanol–water partition coefficient (Wildman–Crippen LogP) is 1.66. The van der Waals surface area contributed by atoms with Crippen LogP contribution in [0.1, 0.15) is 109 Å². The number of aliphatic hydroxyl groups is 1. The molecule has 3 aliphatic rings. The Hall–Kier alpha value is -8.06. The molecule has 0 radical (unpaired) electrons. The van der Waals surface area contributed by atoms with E-state index in [1.54, 1.807) is 40.1 Å². The number of nitrogens with zero attached hydrogens (tertiary/aromatic N) is 9. The average molecular weight is 1360 g/mol. The third kappa shape index (κ3) is 24.4. The van der Waals surface area contributed by atoms with Gasteiger partial charge in [-0.3, -0.25) is 24.8 Å². The van der Waals surface area contributed by atoms with Gasteiger partial charge in [-0.1, -0.05) is 0 Å². The van der Waals surface area contributed by atoms with Gasteiger partial charge in [0.05, 0.1) is 62.3 Å². The summed E-state index contributed by atoms with van der Waals surface area (Å²) in [6.07, 6.45) is 7.02. The van der Waals surface area contributed by atoms with E-state index < -0.39 is 74.4 Å². The Morgan fingerprint density at radius 1 is 0.645 bits per heavy atom. The third-order valence-corrected chi connectivity index (χ3v) is 14.1. The summed E-state index contributed by atoms with van der Waals surface area (Å²) < 4.78 is 164. The van der Waals surface area contributed by atoms with E-state index in [1.165, 1.54) is 17.1 Å². The molecule has 0 bridgehead atoms. The van der Waals surface area contributed by atoms with Crippen LogP contribution in [0, 0.1) is 27.7 Å². The SMILES string of the molecule is CB(O)N=C(N=CB=O)NS(=O)(=O)C(F)(F)F.CB(O)N=C(NCc1cnc(C)c2c1COC(C)(C)O2)NS(=O)(=O)C(F)(F)F.Cc1ncc(CN)c2c1OC(C)(C)OC2.Cc1ncc(CN=C(N)N)c(CO)c1O.Cc1ncc(CN=C(N)N)c2c1OC(C)(C)OC2. The van der Waals surface area contributed by atoms with Crippen LogP contribution in [0.2, 0.25) is 13.6 Å². The summed E-state index contributed by atoms with van der Waals surface area (Å²) in [5, 5.41) is 39.2. The monoisotopic (exact) mass is 1360 g/mol. The van der Waals surface area contributed by atoms with E-state index in [4.69, 9.17) is 67.2 Å². The molecular weight excluding hydrogens is 1290 g/mol. The van der Waals surface area contributed by atoms with Gasteiger partial charge in [0.2, 0.25) is 17.4 Å². The van der Waals surface area contributed by atoms with E-state index in [1.807, 2.05) is 41.5 Å². The molecule has 0 atom stereocenters. The summed E-state index contributed by atoms with van der Waals surface area (Å²) in [6, 6.07) is 0. The van der Waals surface area contributed by atoms with E-state index >= 15 is 0 Å². The number of guanidine groups is 4. The molecule has 512 valence electrons. The van der Waals surface area contributed by atoms with Gasteiger partial charge in [-0.2, -0.15) is 21.6 Å². The Bertz CT molecular complexity index is 3660. The number of aromatic nitrogens is 4. The zero-order chi connectivity index (χ0) is 70.8. The first-order valence-electron chi connectivity index (χ1n) is 27.2. The number of hydrogen-bond donors (Lipinski definition) is 12. The van der Waals surface area contributed by atoms with Crippen LogP contribution in [-0.2, 0) is 91.6 Å². The molecule has 4 aromatic rings. The number of hydrogen-bond acceptors (Lipinski definition) is 24. The molecule has 0 fully saturated rings. The van der Waals surface area contributed by atoms with Gasteiger partial charge in [-0.15, -0.1) is 0 Å². The Morgan fingerprint density at radius 2 is 1.02 bits per heavy atom. The molecule has 0 saturated heterocycles. The number of ether oxygens (including phenoxy) is 6. The van der Waals surface area contributed by atoms with Gasteiger partial charge < -0.3 is 77.6 Å². The fourth-order valence-electron chi connectivity index (χ4n) is 7.49. The van der Waals surface area contributed by atoms with Crippen molar-refractivity contribution in [1.29, 1.82) is 0 Å². The Labute approximate surface area is 533 Å². The number of pyridine rings is 4. The second kappa shape index (κ2) is 33.2. The summed E-state index contributed by atoms with van der Waals surface area (Å²) in [4.78, 5) is 33.9. The van der Waals surface area contributed by atoms with Crippen molar-refractivity contribution in [3.05, 3.63) is 92.1 Å².